The SMILES string of the molecule is CCc1ccc([C@@H](CNC(=O)CCc2nc(-c3ccc(OC)c(OC)c3)no2)N(C)C)cc1. The fraction of sp³-hybridized carbons (Fsp3) is 0.400. The molecule has 0 bridgehead atoms. The van der Waals surface area contributed by atoms with Crippen LogP contribution in [0.2, 0.25) is 0 Å². The molecule has 0 saturated carbocycles. The van der Waals surface area contributed by atoms with Gasteiger partial charge in [-0.15, -0.1) is 0 Å². The Balaban J connectivity index is 1.55. The molecule has 8 heteroatoms. The Morgan fingerprint density at radius 3 is 2.45 bits per heavy atom. The molecule has 1 aromatic heterocycles. The van der Waals surface area contributed by atoms with E-state index in [1.807, 2.05) is 20.2 Å². The number of ether oxygens (including phenoxy) is 2. The highest BCUT2D eigenvalue weighted by Gasteiger charge is 2.17. The van der Waals surface area contributed by atoms with Gasteiger partial charge in [-0.05, 0) is 49.8 Å². The molecule has 1 amide bonds. The lowest BCUT2D eigenvalue weighted by Crippen LogP contribution is -2.34. The molecule has 0 spiro atoms. The summed E-state index contributed by atoms with van der Waals surface area (Å²) in [5.74, 6) is 2.00. The van der Waals surface area contributed by atoms with Gasteiger partial charge in [0.2, 0.25) is 17.6 Å². The van der Waals surface area contributed by atoms with Crippen molar-refractivity contribution in [3.8, 4) is 22.9 Å². The topological polar surface area (TPSA) is 89.7 Å². The molecule has 176 valence electrons. The second kappa shape index (κ2) is 11.5. The third-order valence-electron chi connectivity index (χ3n) is 5.56. The number of rotatable bonds is 11. The molecule has 0 aliphatic carbocycles. The van der Waals surface area contributed by atoms with Crippen LogP contribution < -0.4 is 14.8 Å². The summed E-state index contributed by atoms with van der Waals surface area (Å²) in [6, 6.07) is 14.0. The Morgan fingerprint density at radius 2 is 1.82 bits per heavy atom. The van der Waals surface area contributed by atoms with Crippen LogP contribution in [0.5, 0.6) is 11.5 Å². The maximum atomic E-state index is 12.5. The number of hydrogen-bond donors (Lipinski definition) is 1. The zero-order chi connectivity index (χ0) is 23.8. The summed E-state index contributed by atoms with van der Waals surface area (Å²) in [5, 5.41) is 7.05. The van der Waals surface area contributed by atoms with Gasteiger partial charge in [0, 0.05) is 24.9 Å². The van der Waals surface area contributed by atoms with E-state index in [0.717, 1.165) is 12.0 Å². The predicted molar refractivity (Wildman–Crippen MR) is 126 cm³/mol. The van der Waals surface area contributed by atoms with Crippen molar-refractivity contribution in [2.75, 3.05) is 34.9 Å². The normalized spacial score (nSPS) is 11.9. The number of amides is 1. The van der Waals surface area contributed by atoms with Crippen molar-refractivity contribution < 1.29 is 18.8 Å². The first kappa shape index (κ1) is 24.3. The maximum Gasteiger partial charge on any atom is 0.227 e. The number of nitrogens with zero attached hydrogens (tertiary/aromatic N) is 3. The lowest BCUT2D eigenvalue weighted by Gasteiger charge is -2.25. The van der Waals surface area contributed by atoms with Crippen LogP contribution in [-0.2, 0) is 17.6 Å². The molecule has 1 atom stereocenters. The van der Waals surface area contributed by atoms with E-state index in [-0.39, 0.29) is 18.4 Å². The third kappa shape index (κ3) is 6.32. The Hall–Kier alpha value is -3.39. The van der Waals surface area contributed by atoms with Gasteiger partial charge in [-0.25, -0.2) is 0 Å². The molecule has 3 aromatic rings. The van der Waals surface area contributed by atoms with Crippen molar-refractivity contribution in [3.05, 3.63) is 59.5 Å². The van der Waals surface area contributed by atoms with Gasteiger partial charge in [-0.3, -0.25) is 4.79 Å². The average Bonchev–Trinajstić information content (AvgIpc) is 3.31. The van der Waals surface area contributed by atoms with E-state index >= 15 is 0 Å². The van der Waals surface area contributed by atoms with Crippen LogP contribution in [0.3, 0.4) is 0 Å². The van der Waals surface area contributed by atoms with Crippen LogP contribution >= 0.6 is 0 Å². The van der Waals surface area contributed by atoms with Gasteiger partial charge < -0.3 is 24.2 Å². The smallest absolute Gasteiger partial charge is 0.227 e. The molecule has 0 aliphatic heterocycles. The second-order valence-corrected chi connectivity index (χ2v) is 7.96. The minimum atomic E-state index is -0.0575. The van der Waals surface area contributed by atoms with E-state index < -0.39 is 0 Å². The number of aryl methyl sites for hydroxylation is 2. The van der Waals surface area contributed by atoms with E-state index in [1.165, 1.54) is 11.1 Å². The van der Waals surface area contributed by atoms with Gasteiger partial charge in [0.1, 0.15) is 0 Å². The molecule has 33 heavy (non-hydrogen) atoms. The van der Waals surface area contributed by atoms with Gasteiger partial charge in [0.25, 0.3) is 0 Å². The van der Waals surface area contributed by atoms with E-state index in [0.29, 0.717) is 36.2 Å². The zero-order valence-electron chi connectivity index (χ0n) is 19.9. The largest absolute Gasteiger partial charge is 0.493 e. The van der Waals surface area contributed by atoms with Gasteiger partial charge >= 0.3 is 0 Å². The number of likely N-dealkylation sites (N-methyl/N-ethyl adjacent to an activating group) is 1. The van der Waals surface area contributed by atoms with Crippen molar-refractivity contribution in [1.29, 1.82) is 0 Å². The quantitative estimate of drug-likeness (QED) is 0.475. The highest BCUT2D eigenvalue weighted by atomic mass is 16.5. The van der Waals surface area contributed by atoms with Crippen LogP contribution in [0, 0.1) is 0 Å². The van der Waals surface area contributed by atoms with Gasteiger partial charge in [-0.2, -0.15) is 4.98 Å². The van der Waals surface area contributed by atoms with Crippen LogP contribution in [0.4, 0.5) is 0 Å². The summed E-state index contributed by atoms with van der Waals surface area (Å²) in [6.07, 6.45) is 1.64. The molecular weight excluding hydrogens is 420 g/mol. The third-order valence-corrected chi connectivity index (χ3v) is 5.56. The molecule has 0 saturated heterocycles. The number of aromatic nitrogens is 2. The number of hydrogen-bond acceptors (Lipinski definition) is 7. The van der Waals surface area contributed by atoms with Gasteiger partial charge in [0.05, 0.1) is 20.3 Å². The average molecular weight is 453 g/mol. The first-order chi connectivity index (χ1) is 15.9. The highest BCUT2D eigenvalue weighted by molar-refractivity contribution is 5.76. The summed E-state index contributed by atoms with van der Waals surface area (Å²) in [5.41, 5.74) is 3.22. The summed E-state index contributed by atoms with van der Waals surface area (Å²) in [6.45, 7) is 2.66. The van der Waals surface area contributed by atoms with E-state index in [2.05, 4.69) is 51.5 Å². The Morgan fingerprint density at radius 1 is 1.09 bits per heavy atom. The van der Waals surface area contributed by atoms with Crippen LogP contribution in [0.15, 0.2) is 47.0 Å². The molecule has 0 aliphatic rings. The van der Waals surface area contributed by atoms with E-state index in [1.54, 1.807) is 26.4 Å². The molecule has 0 unspecified atom stereocenters. The van der Waals surface area contributed by atoms with Crippen molar-refractivity contribution >= 4 is 5.91 Å². The molecular formula is C25H32N4O4. The molecule has 1 N–H and O–H groups in total. The second-order valence-electron chi connectivity index (χ2n) is 7.96. The van der Waals surface area contributed by atoms with Crippen LogP contribution in [0.1, 0.15) is 36.4 Å². The fourth-order valence-corrected chi connectivity index (χ4v) is 3.54. The first-order valence-corrected chi connectivity index (χ1v) is 11.0. The summed E-state index contributed by atoms with van der Waals surface area (Å²) < 4.78 is 15.9. The van der Waals surface area contributed by atoms with Crippen LogP contribution in [-0.4, -0.2) is 55.8 Å². The van der Waals surface area contributed by atoms with Crippen LogP contribution in [0.25, 0.3) is 11.4 Å². The lowest BCUT2D eigenvalue weighted by atomic mass is 10.0. The minimum absolute atomic E-state index is 0.0575. The van der Waals surface area contributed by atoms with Crippen molar-refractivity contribution in [1.82, 2.24) is 20.4 Å². The molecule has 0 fully saturated rings. The number of nitrogens with one attached hydrogen (secondary N) is 1. The summed E-state index contributed by atoms with van der Waals surface area (Å²) in [7, 11) is 7.18. The lowest BCUT2D eigenvalue weighted by molar-refractivity contribution is -0.121. The maximum absolute atomic E-state index is 12.5. The minimum Gasteiger partial charge on any atom is -0.493 e. The van der Waals surface area contributed by atoms with Crippen molar-refractivity contribution in [2.24, 2.45) is 0 Å². The van der Waals surface area contributed by atoms with E-state index in [9.17, 15) is 4.79 Å². The Kier molecular flexibility index (Phi) is 8.43. The van der Waals surface area contributed by atoms with Gasteiger partial charge in [0.15, 0.2) is 11.5 Å². The summed E-state index contributed by atoms with van der Waals surface area (Å²) in [4.78, 5) is 19.0. The van der Waals surface area contributed by atoms with Crippen molar-refractivity contribution in [2.45, 2.75) is 32.2 Å². The molecule has 1 heterocycles. The van der Waals surface area contributed by atoms with E-state index in [4.69, 9.17) is 14.0 Å². The first-order valence-electron chi connectivity index (χ1n) is 11.0. The fourth-order valence-electron chi connectivity index (χ4n) is 3.54. The molecule has 3 rings (SSSR count). The van der Waals surface area contributed by atoms with Gasteiger partial charge in [-0.1, -0.05) is 36.3 Å². The standard InChI is InChI=1S/C25H32N4O4/c1-6-17-7-9-18(10-8-17)20(29(2)3)16-26-23(30)13-14-24-27-25(28-33-24)19-11-12-21(31-4)22(15-19)32-5/h7-12,15,20H,6,13-14,16H2,1-5H3,(H,26,30)/t20-/m1/s1. The zero-order valence-corrected chi connectivity index (χ0v) is 19.9. The highest BCUT2D eigenvalue weighted by Crippen LogP contribution is 2.31. The molecule has 2 aromatic carbocycles. The Labute approximate surface area is 194 Å². The predicted octanol–water partition coefficient (Wildman–Crippen LogP) is 3.67. The number of carbonyl (C=O) groups excluding carboxylic acids is 1. The number of benzene rings is 2. The monoisotopic (exact) mass is 452 g/mol. The number of carbonyl (C=O) groups is 1. The molecule has 8 nitrogen and oxygen atoms in total. The molecule has 0 radical (unpaired) electrons. The Bertz CT molecular complexity index is 1050. The number of methoxy groups -OCH3 is 2. The summed E-state index contributed by atoms with van der Waals surface area (Å²) >= 11 is 0. The van der Waals surface area contributed by atoms with Crippen molar-refractivity contribution in [3.63, 3.8) is 0 Å².